The van der Waals surface area contributed by atoms with Crippen LogP contribution < -0.4 is 5.32 Å². The van der Waals surface area contributed by atoms with E-state index >= 15 is 0 Å². The Labute approximate surface area is 58.5 Å². The highest BCUT2D eigenvalue weighted by Gasteiger charge is 2.15. The van der Waals surface area contributed by atoms with Gasteiger partial charge in [0.2, 0.25) is 0 Å². The third-order valence-corrected chi connectivity index (χ3v) is 1.20. The lowest BCUT2D eigenvalue weighted by atomic mass is 10.3. The molecule has 2 N–H and O–H groups in total. The minimum Gasteiger partial charge on any atom is -0.478 e. The van der Waals surface area contributed by atoms with Crippen LogP contribution in [0.15, 0.2) is 12.3 Å². The van der Waals surface area contributed by atoms with E-state index in [0.29, 0.717) is 19.3 Å². The van der Waals surface area contributed by atoms with Crippen molar-refractivity contribution >= 4 is 5.97 Å². The molecule has 1 aliphatic heterocycles. The second-order valence-corrected chi connectivity index (χ2v) is 2.07. The summed E-state index contributed by atoms with van der Waals surface area (Å²) in [5.74, 6) is -0.937. The van der Waals surface area contributed by atoms with Gasteiger partial charge in [0, 0.05) is 12.3 Å². The van der Waals surface area contributed by atoms with Crippen molar-refractivity contribution in [1.82, 2.24) is 5.32 Å². The van der Waals surface area contributed by atoms with E-state index in [1.807, 2.05) is 0 Å². The van der Waals surface area contributed by atoms with Crippen LogP contribution in [0.5, 0.6) is 0 Å². The van der Waals surface area contributed by atoms with Crippen LogP contribution in [0.25, 0.3) is 0 Å². The van der Waals surface area contributed by atoms with Gasteiger partial charge in [-0.25, -0.2) is 4.79 Å². The fourth-order valence-electron chi connectivity index (χ4n) is 0.587. The molecule has 1 aliphatic rings. The molecule has 0 spiro atoms. The molecule has 1 fully saturated rings. The van der Waals surface area contributed by atoms with Crippen LogP contribution in [-0.2, 0) is 9.53 Å². The predicted octanol–water partition coefficient (Wildman–Crippen LogP) is -0.427. The van der Waals surface area contributed by atoms with Crippen molar-refractivity contribution in [1.29, 1.82) is 0 Å². The minimum absolute atomic E-state index is 0.301. The molecular formula is C6H9NO3. The number of hydrogen-bond donors (Lipinski definition) is 2. The molecule has 0 aromatic carbocycles. The monoisotopic (exact) mass is 143 g/mol. The number of carboxylic acids is 1. The molecule has 1 heterocycles. The molecule has 10 heavy (non-hydrogen) atoms. The van der Waals surface area contributed by atoms with Crippen molar-refractivity contribution in [3.8, 4) is 0 Å². The first-order valence-corrected chi connectivity index (χ1v) is 3.02. The highest BCUT2D eigenvalue weighted by atomic mass is 16.5. The van der Waals surface area contributed by atoms with Crippen molar-refractivity contribution in [2.45, 2.75) is 6.04 Å². The molecule has 0 amide bonds. The lowest BCUT2D eigenvalue weighted by Gasteiger charge is -2.25. The van der Waals surface area contributed by atoms with E-state index in [1.165, 1.54) is 6.20 Å². The number of hydrogen-bond acceptors (Lipinski definition) is 3. The largest absolute Gasteiger partial charge is 0.478 e. The van der Waals surface area contributed by atoms with Crippen LogP contribution >= 0.6 is 0 Å². The van der Waals surface area contributed by atoms with Crippen molar-refractivity contribution in [3.05, 3.63) is 12.3 Å². The highest BCUT2D eigenvalue weighted by molar-refractivity contribution is 5.79. The van der Waals surface area contributed by atoms with Gasteiger partial charge in [-0.2, -0.15) is 0 Å². The summed E-state index contributed by atoms with van der Waals surface area (Å²) < 4.78 is 4.85. The van der Waals surface area contributed by atoms with Gasteiger partial charge >= 0.3 is 5.97 Å². The van der Waals surface area contributed by atoms with Gasteiger partial charge in [-0.1, -0.05) is 0 Å². The Bertz CT molecular complexity index is 151. The van der Waals surface area contributed by atoms with Gasteiger partial charge in [0.15, 0.2) is 0 Å². The highest BCUT2D eigenvalue weighted by Crippen LogP contribution is 1.98. The summed E-state index contributed by atoms with van der Waals surface area (Å²) in [7, 11) is 0. The third kappa shape index (κ3) is 2.06. The Hall–Kier alpha value is -1.03. The summed E-state index contributed by atoms with van der Waals surface area (Å²) in [5, 5.41) is 11.0. The zero-order valence-electron chi connectivity index (χ0n) is 5.41. The number of carbonyl (C=O) groups is 1. The topological polar surface area (TPSA) is 58.6 Å². The Morgan fingerprint density at radius 2 is 2.40 bits per heavy atom. The normalized spacial score (nSPS) is 18.8. The number of ether oxygens (including phenoxy) is 1. The second-order valence-electron chi connectivity index (χ2n) is 2.07. The maximum absolute atomic E-state index is 9.93. The number of rotatable bonds is 3. The molecule has 4 nitrogen and oxygen atoms in total. The Morgan fingerprint density at radius 1 is 1.70 bits per heavy atom. The molecule has 0 aromatic rings. The first-order chi connectivity index (χ1) is 4.79. The zero-order chi connectivity index (χ0) is 7.40. The van der Waals surface area contributed by atoms with Crippen LogP contribution in [0, 0.1) is 0 Å². The molecule has 0 saturated carbocycles. The summed E-state index contributed by atoms with van der Waals surface area (Å²) >= 11 is 0. The fourth-order valence-corrected chi connectivity index (χ4v) is 0.587. The fraction of sp³-hybridized carbons (Fsp3) is 0.500. The Morgan fingerprint density at radius 3 is 2.80 bits per heavy atom. The summed E-state index contributed by atoms with van der Waals surface area (Å²) in [6.45, 7) is 1.34. The van der Waals surface area contributed by atoms with E-state index in [4.69, 9.17) is 9.84 Å². The molecule has 4 heteroatoms. The van der Waals surface area contributed by atoms with Crippen LogP contribution in [0.1, 0.15) is 0 Å². The standard InChI is InChI=1S/C6H9NO3/c8-6(9)1-2-7-5-3-10-4-5/h1-2,5,7H,3-4H2,(H,8,9)/b2-1+. The number of aliphatic carboxylic acids is 1. The van der Waals surface area contributed by atoms with Gasteiger partial charge in [0.05, 0.1) is 19.3 Å². The maximum atomic E-state index is 9.93. The van der Waals surface area contributed by atoms with Gasteiger partial charge in [-0.05, 0) is 0 Å². The first kappa shape index (κ1) is 7.08. The van der Waals surface area contributed by atoms with E-state index in [-0.39, 0.29) is 0 Å². The lowest BCUT2D eigenvalue weighted by Crippen LogP contribution is -2.43. The molecule has 0 aliphatic carbocycles. The molecule has 0 radical (unpaired) electrons. The first-order valence-electron chi connectivity index (χ1n) is 3.02. The molecule has 0 atom stereocenters. The Kier molecular flexibility index (Phi) is 2.28. The van der Waals surface area contributed by atoms with Crippen LogP contribution in [0.4, 0.5) is 0 Å². The molecule has 1 rings (SSSR count). The van der Waals surface area contributed by atoms with E-state index in [0.717, 1.165) is 6.08 Å². The molecule has 1 saturated heterocycles. The molecule has 0 aromatic heterocycles. The lowest BCUT2D eigenvalue weighted by molar-refractivity contribution is -0.131. The predicted molar refractivity (Wildman–Crippen MR) is 34.5 cm³/mol. The van der Waals surface area contributed by atoms with E-state index in [1.54, 1.807) is 0 Å². The summed E-state index contributed by atoms with van der Waals surface area (Å²) in [4.78, 5) is 9.93. The average Bonchev–Trinajstić information content (AvgIpc) is 1.75. The average molecular weight is 143 g/mol. The zero-order valence-corrected chi connectivity index (χ0v) is 5.41. The SMILES string of the molecule is O=C(O)/C=C/NC1COC1. The smallest absolute Gasteiger partial charge is 0.329 e. The maximum Gasteiger partial charge on any atom is 0.329 e. The van der Waals surface area contributed by atoms with Crippen molar-refractivity contribution in [2.75, 3.05) is 13.2 Å². The van der Waals surface area contributed by atoms with E-state index in [9.17, 15) is 4.79 Å². The summed E-state index contributed by atoms with van der Waals surface area (Å²) in [5.41, 5.74) is 0. The van der Waals surface area contributed by atoms with Crippen molar-refractivity contribution in [2.24, 2.45) is 0 Å². The Balaban J connectivity index is 2.08. The van der Waals surface area contributed by atoms with E-state index in [2.05, 4.69) is 5.32 Å². The van der Waals surface area contributed by atoms with Crippen LogP contribution in [-0.4, -0.2) is 30.3 Å². The molecule has 0 bridgehead atoms. The molecule has 56 valence electrons. The van der Waals surface area contributed by atoms with E-state index < -0.39 is 5.97 Å². The summed E-state index contributed by atoms with van der Waals surface area (Å²) in [6.07, 6.45) is 2.49. The van der Waals surface area contributed by atoms with Crippen LogP contribution in [0.3, 0.4) is 0 Å². The number of carboxylic acid groups (broad SMARTS) is 1. The van der Waals surface area contributed by atoms with Crippen LogP contribution in [0.2, 0.25) is 0 Å². The third-order valence-electron chi connectivity index (χ3n) is 1.20. The minimum atomic E-state index is -0.937. The molecule has 0 unspecified atom stereocenters. The van der Waals surface area contributed by atoms with Gasteiger partial charge in [0.25, 0.3) is 0 Å². The molecular weight excluding hydrogens is 134 g/mol. The van der Waals surface area contributed by atoms with Gasteiger partial charge in [-0.3, -0.25) is 0 Å². The van der Waals surface area contributed by atoms with Gasteiger partial charge < -0.3 is 15.2 Å². The summed E-state index contributed by atoms with van der Waals surface area (Å²) in [6, 6.07) is 0.301. The van der Waals surface area contributed by atoms with Crippen molar-refractivity contribution < 1.29 is 14.6 Å². The number of nitrogens with one attached hydrogen (secondary N) is 1. The van der Waals surface area contributed by atoms with Gasteiger partial charge in [-0.15, -0.1) is 0 Å². The second kappa shape index (κ2) is 3.22. The quantitative estimate of drug-likeness (QED) is 0.526. The van der Waals surface area contributed by atoms with Gasteiger partial charge in [0.1, 0.15) is 0 Å². The van der Waals surface area contributed by atoms with Crippen molar-refractivity contribution in [3.63, 3.8) is 0 Å².